The van der Waals surface area contributed by atoms with Crippen LogP contribution in [0.15, 0.2) is 36.5 Å². The van der Waals surface area contributed by atoms with E-state index >= 15 is 0 Å². The summed E-state index contributed by atoms with van der Waals surface area (Å²) in [6.07, 6.45) is 2.28. The predicted molar refractivity (Wildman–Crippen MR) is 103 cm³/mol. The van der Waals surface area contributed by atoms with Crippen molar-refractivity contribution < 1.29 is 19.1 Å². The van der Waals surface area contributed by atoms with Crippen molar-refractivity contribution in [2.24, 2.45) is 0 Å². The minimum atomic E-state index is -0.374. The Labute approximate surface area is 162 Å². The first-order valence-corrected chi connectivity index (χ1v) is 9.20. The highest BCUT2D eigenvalue weighted by Gasteiger charge is 2.25. The van der Waals surface area contributed by atoms with Crippen LogP contribution < -0.4 is 4.74 Å². The van der Waals surface area contributed by atoms with Crippen molar-refractivity contribution in [3.8, 4) is 5.88 Å². The number of aromatic nitrogens is 2. The number of fused-ring (bicyclic) bond motifs is 3. The molecule has 144 valence electrons. The Bertz CT molecular complexity index is 1040. The van der Waals surface area contributed by atoms with E-state index in [1.54, 1.807) is 29.3 Å². The average molecular weight is 379 g/mol. The van der Waals surface area contributed by atoms with Crippen molar-refractivity contribution >= 4 is 22.8 Å². The van der Waals surface area contributed by atoms with E-state index in [9.17, 15) is 9.59 Å². The fourth-order valence-electron chi connectivity index (χ4n) is 3.55. The minimum absolute atomic E-state index is 0.0697. The van der Waals surface area contributed by atoms with Crippen LogP contribution >= 0.6 is 0 Å². The van der Waals surface area contributed by atoms with Gasteiger partial charge in [-0.2, -0.15) is 0 Å². The molecular weight excluding hydrogens is 358 g/mol. The summed E-state index contributed by atoms with van der Waals surface area (Å²) in [5.41, 5.74) is 4.12. The number of ether oxygens (including phenoxy) is 2. The molecule has 0 spiro atoms. The number of amides is 1. The summed E-state index contributed by atoms with van der Waals surface area (Å²) in [7, 11) is 1.37. The van der Waals surface area contributed by atoms with Gasteiger partial charge in [0, 0.05) is 53.9 Å². The largest absolute Gasteiger partial charge is 0.478 e. The lowest BCUT2D eigenvalue weighted by Gasteiger charge is -2.27. The number of methoxy groups -OCH3 is 1. The molecule has 0 saturated carbocycles. The molecule has 1 amide bonds. The molecule has 0 aliphatic carbocycles. The fraction of sp³-hybridized carbons (Fsp3) is 0.286. The molecule has 1 aliphatic rings. The van der Waals surface area contributed by atoms with Gasteiger partial charge in [0.2, 0.25) is 5.88 Å². The van der Waals surface area contributed by atoms with E-state index in [0.29, 0.717) is 36.7 Å². The fourth-order valence-corrected chi connectivity index (χ4v) is 3.55. The van der Waals surface area contributed by atoms with Crippen molar-refractivity contribution in [1.82, 2.24) is 14.9 Å². The quantitative estimate of drug-likeness (QED) is 0.705. The second-order valence-corrected chi connectivity index (χ2v) is 6.63. The van der Waals surface area contributed by atoms with E-state index in [1.165, 1.54) is 7.11 Å². The van der Waals surface area contributed by atoms with Gasteiger partial charge in [-0.3, -0.25) is 4.79 Å². The number of nitrogens with one attached hydrogen (secondary N) is 1. The van der Waals surface area contributed by atoms with Gasteiger partial charge in [-0.15, -0.1) is 0 Å². The monoisotopic (exact) mass is 379 g/mol. The van der Waals surface area contributed by atoms with Crippen LogP contribution in [0.2, 0.25) is 0 Å². The Morgan fingerprint density at radius 2 is 2.04 bits per heavy atom. The van der Waals surface area contributed by atoms with Gasteiger partial charge in [0.15, 0.2) is 0 Å². The molecule has 1 aromatic carbocycles. The number of carbonyl (C=O) groups excluding carboxylic acids is 2. The molecule has 3 aromatic rings. The third-order valence-corrected chi connectivity index (χ3v) is 4.96. The molecule has 4 rings (SSSR count). The number of esters is 1. The number of hydrogen-bond donors (Lipinski definition) is 1. The molecular formula is C21H21N3O4. The topological polar surface area (TPSA) is 84.5 Å². The third kappa shape index (κ3) is 3.19. The summed E-state index contributed by atoms with van der Waals surface area (Å²) >= 11 is 0. The standard InChI is InChI=1S/C21H21N3O4/c1-3-28-19-7-5-14(11-22-19)20(25)24-9-8-18-16(12-24)15-10-13(21(26)27-2)4-6-17(15)23-18/h4-7,10-11,23H,3,8-9,12H2,1-2H3. The summed E-state index contributed by atoms with van der Waals surface area (Å²) in [5.74, 6) is 0.0627. The van der Waals surface area contributed by atoms with Gasteiger partial charge in [-0.25, -0.2) is 9.78 Å². The molecule has 3 heterocycles. The molecule has 7 heteroatoms. The van der Waals surface area contributed by atoms with E-state index < -0.39 is 0 Å². The van der Waals surface area contributed by atoms with Crippen LogP contribution in [-0.4, -0.2) is 47.0 Å². The highest BCUT2D eigenvalue weighted by Crippen LogP contribution is 2.29. The Balaban J connectivity index is 1.61. The Kier molecular flexibility index (Phi) is 4.73. The summed E-state index contributed by atoms with van der Waals surface area (Å²) in [6, 6.07) is 8.89. The summed E-state index contributed by atoms with van der Waals surface area (Å²) in [6.45, 7) is 3.52. The SMILES string of the molecule is CCOc1ccc(C(=O)N2CCc3[nH]c4ccc(C(=O)OC)cc4c3C2)cn1. The number of benzene rings is 1. The average Bonchev–Trinajstić information content (AvgIpc) is 3.10. The van der Waals surface area contributed by atoms with E-state index in [4.69, 9.17) is 9.47 Å². The molecule has 28 heavy (non-hydrogen) atoms. The molecule has 1 N–H and O–H groups in total. The molecule has 0 saturated heterocycles. The molecule has 0 unspecified atom stereocenters. The van der Waals surface area contributed by atoms with Crippen LogP contribution in [0, 0.1) is 0 Å². The lowest BCUT2D eigenvalue weighted by atomic mass is 10.0. The summed E-state index contributed by atoms with van der Waals surface area (Å²) in [4.78, 5) is 34.2. The maximum Gasteiger partial charge on any atom is 0.337 e. The molecule has 2 aromatic heterocycles. The number of rotatable bonds is 4. The molecule has 1 aliphatic heterocycles. The van der Waals surface area contributed by atoms with Crippen molar-refractivity contribution in [3.05, 3.63) is 58.9 Å². The zero-order valence-electron chi connectivity index (χ0n) is 15.8. The second kappa shape index (κ2) is 7.34. The Hall–Kier alpha value is -3.35. The van der Waals surface area contributed by atoms with E-state index in [1.807, 2.05) is 19.1 Å². The van der Waals surface area contributed by atoms with Gasteiger partial charge in [-0.05, 0) is 31.2 Å². The normalized spacial score (nSPS) is 13.3. The van der Waals surface area contributed by atoms with Gasteiger partial charge in [0.25, 0.3) is 5.91 Å². The molecule has 0 radical (unpaired) electrons. The summed E-state index contributed by atoms with van der Waals surface area (Å²) in [5, 5.41) is 0.945. The van der Waals surface area contributed by atoms with E-state index in [-0.39, 0.29) is 11.9 Å². The first kappa shape index (κ1) is 18.0. The zero-order chi connectivity index (χ0) is 19.7. The maximum atomic E-state index is 12.9. The van der Waals surface area contributed by atoms with Crippen LogP contribution in [0.1, 0.15) is 38.9 Å². The Morgan fingerprint density at radius 1 is 1.21 bits per heavy atom. The first-order valence-electron chi connectivity index (χ1n) is 9.20. The first-order chi connectivity index (χ1) is 13.6. The van der Waals surface area contributed by atoms with Crippen molar-refractivity contribution in [1.29, 1.82) is 0 Å². The van der Waals surface area contributed by atoms with Crippen LogP contribution in [-0.2, 0) is 17.7 Å². The maximum absolute atomic E-state index is 12.9. The number of H-pyrrole nitrogens is 1. The van der Waals surface area contributed by atoms with Gasteiger partial charge < -0.3 is 19.4 Å². The van der Waals surface area contributed by atoms with E-state index in [0.717, 1.165) is 28.6 Å². The lowest BCUT2D eigenvalue weighted by Crippen LogP contribution is -2.35. The third-order valence-electron chi connectivity index (χ3n) is 4.96. The van der Waals surface area contributed by atoms with Gasteiger partial charge >= 0.3 is 5.97 Å². The smallest absolute Gasteiger partial charge is 0.337 e. The van der Waals surface area contributed by atoms with Crippen molar-refractivity contribution in [2.45, 2.75) is 19.9 Å². The Morgan fingerprint density at radius 3 is 2.75 bits per heavy atom. The van der Waals surface area contributed by atoms with Crippen LogP contribution in [0.25, 0.3) is 10.9 Å². The van der Waals surface area contributed by atoms with Crippen LogP contribution in [0.4, 0.5) is 0 Å². The highest BCUT2D eigenvalue weighted by atomic mass is 16.5. The molecule has 0 fully saturated rings. The number of carbonyl (C=O) groups is 2. The number of nitrogens with zero attached hydrogens (tertiary/aromatic N) is 2. The molecule has 7 nitrogen and oxygen atoms in total. The zero-order valence-corrected chi connectivity index (χ0v) is 15.8. The highest BCUT2D eigenvalue weighted by molar-refractivity contribution is 5.97. The number of hydrogen-bond acceptors (Lipinski definition) is 5. The minimum Gasteiger partial charge on any atom is -0.478 e. The van der Waals surface area contributed by atoms with Gasteiger partial charge in [-0.1, -0.05) is 0 Å². The van der Waals surface area contributed by atoms with Crippen molar-refractivity contribution in [3.63, 3.8) is 0 Å². The number of aromatic amines is 1. The van der Waals surface area contributed by atoms with Crippen molar-refractivity contribution in [2.75, 3.05) is 20.3 Å². The predicted octanol–water partition coefficient (Wildman–Crippen LogP) is 2.95. The van der Waals surface area contributed by atoms with Gasteiger partial charge in [0.05, 0.1) is 24.8 Å². The number of pyridine rings is 1. The molecule has 0 atom stereocenters. The lowest BCUT2D eigenvalue weighted by molar-refractivity contribution is 0.0600. The van der Waals surface area contributed by atoms with Gasteiger partial charge in [0.1, 0.15) is 0 Å². The van der Waals surface area contributed by atoms with Crippen LogP contribution in [0.5, 0.6) is 5.88 Å². The molecule has 0 bridgehead atoms. The summed E-state index contributed by atoms with van der Waals surface area (Å²) < 4.78 is 10.2. The second-order valence-electron chi connectivity index (χ2n) is 6.63. The van der Waals surface area contributed by atoms with E-state index in [2.05, 4.69) is 9.97 Å². The van der Waals surface area contributed by atoms with Crippen LogP contribution in [0.3, 0.4) is 0 Å².